The fourth-order valence-corrected chi connectivity index (χ4v) is 4.86. The Morgan fingerprint density at radius 1 is 1.06 bits per heavy atom. The van der Waals surface area contributed by atoms with E-state index in [1.807, 2.05) is 18.4 Å². The lowest BCUT2D eigenvalue weighted by Crippen LogP contribution is -2.47. The van der Waals surface area contributed by atoms with Gasteiger partial charge in [0, 0.05) is 37.6 Å². The van der Waals surface area contributed by atoms with E-state index in [-0.39, 0.29) is 29.9 Å². The molecule has 0 saturated carbocycles. The van der Waals surface area contributed by atoms with Gasteiger partial charge in [0.15, 0.2) is 5.76 Å². The number of benzene rings is 1. The van der Waals surface area contributed by atoms with Crippen LogP contribution in [0, 0.1) is 12.7 Å². The minimum absolute atomic E-state index is 0.0739. The number of carbonyl (C=O) groups excluding carboxylic acids is 2. The Morgan fingerprint density at radius 3 is 2.49 bits per heavy atom. The van der Waals surface area contributed by atoms with Crippen molar-refractivity contribution in [1.82, 2.24) is 14.7 Å². The van der Waals surface area contributed by atoms with Crippen molar-refractivity contribution in [2.24, 2.45) is 0 Å². The normalized spacial score (nSPS) is 14.1. The van der Waals surface area contributed by atoms with Gasteiger partial charge < -0.3 is 19.0 Å². The average molecular weight is 500 g/mol. The smallest absolute Gasteiger partial charge is 0.290 e. The molecule has 0 atom stereocenters. The van der Waals surface area contributed by atoms with Crippen molar-refractivity contribution in [1.29, 1.82) is 0 Å². The number of nitrogens with zero attached hydrogens (tertiary/aromatic N) is 3. The topological polar surface area (TPSA) is 66.2 Å². The van der Waals surface area contributed by atoms with E-state index in [0.717, 1.165) is 29.1 Å². The van der Waals surface area contributed by atoms with Crippen LogP contribution in [0.4, 0.5) is 4.39 Å². The maximum absolute atomic E-state index is 13.6. The number of furan rings is 1. The summed E-state index contributed by atoms with van der Waals surface area (Å²) < 4.78 is 24.2. The Hall–Kier alpha value is -3.01. The lowest BCUT2D eigenvalue weighted by molar-refractivity contribution is -0.133. The molecule has 1 saturated heterocycles. The Morgan fingerprint density at radius 2 is 1.83 bits per heavy atom. The fraction of sp³-hybridized carbons (Fsp3) is 0.385. The van der Waals surface area contributed by atoms with Gasteiger partial charge in [0.1, 0.15) is 12.4 Å². The summed E-state index contributed by atoms with van der Waals surface area (Å²) in [5.74, 6) is -0.604. The zero-order valence-corrected chi connectivity index (χ0v) is 20.6. The molecule has 1 aromatic carbocycles. The molecular formula is C26H30FN3O4S. The molecule has 0 aliphatic carbocycles. The van der Waals surface area contributed by atoms with E-state index in [9.17, 15) is 14.0 Å². The van der Waals surface area contributed by atoms with E-state index in [1.165, 1.54) is 18.4 Å². The molecule has 1 aliphatic rings. The summed E-state index contributed by atoms with van der Waals surface area (Å²) in [7, 11) is 0. The molecular weight excluding hydrogens is 469 g/mol. The molecule has 0 bridgehead atoms. The van der Waals surface area contributed by atoms with E-state index < -0.39 is 0 Å². The molecule has 186 valence electrons. The summed E-state index contributed by atoms with van der Waals surface area (Å²) in [6.07, 6.45) is 1.45. The van der Waals surface area contributed by atoms with Gasteiger partial charge in [-0.25, -0.2) is 4.39 Å². The molecule has 0 radical (unpaired) electrons. The number of carbonyl (C=O) groups is 2. The highest BCUT2D eigenvalue weighted by molar-refractivity contribution is 7.10. The van der Waals surface area contributed by atoms with Gasteiger partial charge in [0.25, 0.3) is 5.91 Å². The van der Waals surface area contributed by atoms with Gasteiger partial charge in [0.2, 0.25) is 5.91 Å². The first-order valence-electron chi connectivity index (χ1n) is 11.7. The third-order valence-corrected chi connectivity index (χ3v) is 7.08. The largest absolute Gasteiger partial charge is 0.459 e. The van der Waals surface area contributed by atoms with Crippen LogP contribution in [0.2, 0.25) is 0 Å². The zero-order valence-electron chi connectivity index (χ0n) is 19.8. The quantitative estimate of drug-likeness (QED) is 0.425. The Labute approximate surface area is 208 Å². The summed E-state index contributed by atoms with van der Waals surface area (Å²) in [6, 6.07) is 11.4. The highest BCUT2D eigenvalue weighted by Gasteiger charge is 2.25. The summed E-state index contributed by atoms with van der Waals surface area (Å²) in [5, 5.41) is 2.00. The monoisotopic (exact) mass is 499 g/mol. The number of halogens is 1. The van der Waals surface area contributed by atoms with E-state index in [4.69, 9.17) is 9.15 Å². The minimum Gasteiger partial charge on any atom is -0.459 e. The number of morpholine rings is 1. The van der Waals surface area contributed by atoms with Crippen LogP contribution >= 0.6 is 11.3 Å². The fourth-order valence-electron chi connectivity index (χ4n) is 3.94. The Kier molecular flexibility index (Phi) is 8.68. The second-order valence-corrected chi connectivity index (χ2v) is 9.56. The number of rotatable bonds is 10. The SMILES string of the molecule is Cc1ccsc1CN(Cc1ccc(F)cc1)C(=O)CN(CCN1CCOCC1)C(=O)c1ccco1. The van der Waals surface area contributed by atoms with Gasteiger partial charge in [-0.15, -0.1) is 11.3 Å². The van der Waals surface area contributed by atoms with E-state index in [0.29, 0.717) is 39.4 Å². The predicted molar refractivity (Wildman–Crippen MR) is 132 cm³/mol. The van der Waals surface area contributed by atoms with Crippen LogP contribution in [0.15, 0.2) is 58.5 Å². The maximum atomic E-state index is 13.6. The predicted octanol–water partition coefficient (Wildman–Crippen LogP) is 3.79. The number of hydrogen-bond acceptors (Lipinski definition) is 6. The van der Waals surface area contributed by atoms with Crippen LogP contribution in [0.25, 0.3) is 0 Å². The second-order valence-electron chi connectivity index (χ2n) is 8.56. The number of thiophene rings is 1. The Balaban J connectivity index is 1.51. The summed E-state index contributed by atoms with van der Waals surface area (Å²) >= 11 is 1.59. The summed E-state index contributed by atoms with van der Waals surface area (Å²) in [4.78, 5) is 33.3. The first kappa shape index (κ1) is 25.1. The van der Waals surface area contributed by atoms with Gasteiger partial charge in [-0.05, 0) is 53.8 Å². The van der Waals surface area contributed by atoms with Crippen molar-refractivity contribution in [3.8, 4) is 0 Å². The van der Waals surface area contributed by atoms with Crippen LogP contribution < -0.4 is 0 Å². The van der Waals surface area contributed by atoms with Crippen molar-refractivity contribution in [3.05, 3.63) is 81.7 Å². The lowest BCUT2D eigenvalue weighted by Gasteiger charge is -2.31. The molecule has 7 nitrogen and oxygen atoms in total. The average Bonchev–Trinajstić information content (AvgIpc) is 3.55. The van der Waals surface area contributed by atoms with Crippen LogP contribution in [0.3, 0.4) is 0 Å². The van der Waals surface area contributed by atoms with Gasteiger partial charge >= 0.3 is 0 Å². The van der Waals surface area contributed by atoms with Crippen molar-refractivity contribution in [2.75, 3.05) is 45.9 Å². The third-order valence-electron chi connectivity index (χ3n) is 6.08. The molecule has 3 heterocycles. The molecule has 35 heavy (non-hydrogen) atoms. The zero-order chi connectivity index (χ0) is 24.6. The molecule has 2 aromatic heterocycles. The van der Waals surface area contributed by atoms with Crippen LogP contribution in [0.5, 0.6) is 0 Å². The number of amides is 2. The number of aryl methyl sites for hydroxylation is 1. The Bertz CT molecular complexity index is 1090. The first-order chi connectivity index (χ1) is 17.0. The van der Waals surface area contributed by atoms with Crippen LogP contribution in [0.1, 0.15) is 26.6 Å². The van der Waals surface area contributed by atoms with Gasteiger partial charge in [-0.2, -0.15) is 0 Å². The molecule has 3 aromatic rings. The van der Waals surface area contributed by atoms with Crippen molar-refractivity contribution < 1.29 is 23.1 Å². The third kappa shape index (κ3) is 7.00. The molecule has 1 aliphatic heterocycles. The summed E-state index contributed by atoms with van der Waals surface area (Å²) in [5.41, 5.74) is 1.94. The van der Waals surface area contributed by atoms with Crippen molar-refractivity contribution in [2.45, 2.75) is 20.0 Å². The van der Waals surface area contributed by atoms with Crippen LogP contribution in [-0.4, -0.2) is 72.5 Å². The molecule has 0 spiro atoms. The molecule has 1 fully saturated rings. The number of ether oxygens (including phenoxy) is 1. The van der Waals surface area contributed by atoms with Crippen LogP contribution in [-0.2, 0) is 22.6 Å². The van der Waals surface area contributed by atoms with Gasteiger partial charge in [-0.1, -0.05) is 12.1 Å². The van der Waals surface area contributed by atoms with Gasteiger partial charge in [-0.3, -0.25) is 14.5 Å². The number of hydrogen-bond donors (Lipinski definition) is 0. The molecule has 0 N–H and O–H groups in total. The standard InChI is InChI=1S/C26H30FN3O4S/c1-20-8-16-35-24(20)18-30(17-21-4-6-22(27)7-5-21)25(31)19-29(26(32)23-3-2-13-34-23)10-9-28-11-14-33-15-12-28/h2-8,13,16H,9-12,14-15,17-19H2,1H3. The molecule has 9 heteroatoms. The van der Waals surface area contributed by atoms with Crippen molar-refractivity contribution in [3.63, 3.8) is 0 Å². The lowest BCUT2D eigenvalue weighted by atomic mass is 10.2. The molecule has 4 rings (SSSR count). The van der Waals surface area contributed by atoms with E-state index >= 15 is 0 Å². The molecule has 0 unspecified atom stereocenters. The highest BCUT2D eigenvalue weighted by atomic mass is 32.1. The van der Waals surface area contributed by atoms with E-state index in [1.54, 1.807) is 45.4 Å². The second kappa shape index (κ2) is 12.1. The highest BCUT2D eigenvalue weighted by Crippen LogP contribution is 2.20. The van der Waals surface area contributed by atoms with Crippen molar-refractivity contribution >= 4 is 23.2 Å². The minimum atomic E-state index is -0.320. The first-order valence-corrected chi connectivity index (χ1v) is 12.6. The maximum Gasteiger partial charge on any atom is 0.290 e. The summed E-state index contributed by atoms with van der Waals surface area (Å²) in [6.45, 7) is 6.65. The molecule has 2 amide bonds. The van der Waals surface area contributed by atoms with Gasteiger partial charge in [0.05, 0.1) is 26.0 Å². The van der Waals surface area contributed by atoms with E-state index in [2.05, 4.69) is 4.90 Å².